The van der Waals surface area contributed by atoms with Crippen LogP contribution < -0.4 is 9.64 Å². The maximum atomic E-state index is 14.2. The quantitative estimate of drug-likeness (QED) is 0.0667. The van der Waals surface area contributed by atoms with Crippen LogP contribution in [0.1, 0.15) is 101 Å². The Morgan fingerprint density at radius 2 is 1.39 bits per heavy atom. The summed E-state index contributed by atoms with van der Waals surface area (Å²) in [6.07, 6.45) is 0.393. The Kier molecular flexibility index (Phi) is 17.8. The minimum Gasteiger partial charge on any atom is -0.471 e. The van der Waals surface area contributed by atoms with Gasteiger partial charge in [0, 0.05) is 18.3 Å². The van der Waals surface area contributed by atoms with Crippen LogP contribution in [0.3, 0.4) is 0 Å². The van der Waals surface area contributed by atoms with Gasteiger partial charge in [-0.1, -0.05) is 19.6 Å². The predicted octanol–water partition coefficient (Wildman–Crippen LogP) is 6.77. The maximum absolute atomic E-state index is 14.2. The molecule has 2 aromatic rings. The van der Waals surface area contributed by atoms with Crippen LogP contribution >= 0.6 is 0 Å². The number of fused-ring (bicyclic) bond motifs is 1. The van der Waals surface area contributed by atoms with Crippen molar-refractivity contribution in [3.63, 3.8) is 0 Å². The highest BCUT2D eigenvalue weighted by molar-refractivity contribution is 6.14. The van der Waals surface area contributed by atoms with Crippen LogP contribution in [0.2, 0.25) is 0 Å². The van der Waals surface area contributed by atoms with Gasteiger partial charge in [-0.3, -0.25) is 9.59 Å². The number of rotatable bonds is 18. The molecule has 0 radical (unpaired) electrons. The Labute approximate surface area is 337 Å². The molecule has 0 saturated carbocycles. The summed E-state index contributed by atoms with van der Waals surface area (Å²) < 4.78 is 39.8. The maximum Gasteiger partial charge on any atom is 0.425 e. The van der Waals surface area contributed by atoms with Crippen molar-refractivity contribution >= 4 is 40.8 Å². The molecule has 2 aromatic heterocycles. The molecule has 0 aliphatic heterocycles. The number of pyridine rings is 1. The molecule has 2 heterocycles. The van der Waals surface area contributed by atoms with Crippen LogP contribution in [-0.2, 0) is 44.4 Å². The van der Waals surface area contributed by atoms with Crippen molar-refractivity contribution in [3.8, 4) is 5.88 Å². The molecule has 0 bridgehead atoms. The number of anilines is 1. The average Bonchev–Trinajstić information content (AvgIpc) is 3.02. The summed E-state index contributed by atoms with van der Waals surface area (Å²) in [5.41, 5.74) is -2.53. The van der Waals surface area contributed by atoms with Gasteiger partial charge in [-0.05, 0) is 95.9 Å². The molecule has 3 amide bonds. The van der Waals surface area contributed by atoms with Crippen LogP contribution in [0.15, 0.2) is 18.9 Å². The second-order valence-corrected chi connectivity index (χ2v) is 17.6. The largest absolute Gasteiger partial charge is 0.471 e. The van der Waals surface area contributed by atoms with Gasteiger partial charge in [0.25, 0.3) is 0 Å². The van der Waals surface area contributed by atoms with E-state index < -0.39 is 40.9 Å². The first-order chi connectivity index (χ1) is 26.2. The van der Waals surface area contributed by atoms with E-state index in [4.69, 9.17) is 33.2 Å². The normalized spacial score (nSPS) is 12.8. The summed E-state index contributed by atoms with van der Waals surface area (Å²) >= 11 is 0. The minimum absolute atomic E-state index is 0.0141. The number of hydrogen-bond donors (Lipinski definition) is 0. The number of ether oxygens (including phenoxy) is 7. The highest BCUT2D eigenvalue weighted by atomic mass is 16.6. The smallest absolute Gasteiger partial charge is 0.425 e. The van der Waals surface area contributed by atoms with Crippen molar-refractivity contribution in [2.75, 3.05) is 57.6 Å². The van der Waals surface area contributed by atoms with Crippen molar-refractivity contribution in [2.24, 2.45) is 5.92 Å². The van der Waals surface area contributed by atoms with E-state index in [0.29, 0.717) is 36.9 Å². The molecule has 16 nitrogen and oxygen atoms in total. The third-order valence-electron chi connectivity index (χ3n) is 7.07. The summed E-state index contributed by atoms with van der Waals surface area (Å²) in [4.78, 5) is 70.3. The summed E-state index contributed by atoms with van der Waals surface area (Å²) in [6, 6.07) is 0. The van der Waals surface area contributed by atoms with E-state index in [1.807, 2.05) is 27.7 Å². The number of aromatic nitrogens is 3. The van der Waals surface area contributed by atoms with Crippen molar-refractivity contribution in [1.82, 2.24) is 19.9 Å². The molecule has 0 aromatic carbocycles. The molecule has 320 valence electrons. The van der Waals surface area contributed by atoms with E-state index in [-0.39, 0.29) is 72.7 Å². The van der Waals surface area contributed by atoms with Gasteiger partial charge in [0.2, 0.25) is 11.8 Å². The topological polar surface area (TPSA) is 178 Å². The van der Waals surface area contributed by atoms with Crippen LogP contribution in [0, 0.1) is 12.8 Å². The van der Waals surface area contributed by atoms with Crippen molar-refractivity contribution in [2.45, 2.75) is 126 Å². The van der Waals surface area contributed by atoms with Gasteiger partial charge in [-0.25, -0.2) is 19.6 Å². The van der Waals surface area contributed by atoms with Crippen LogP contribution in [-0.4, -0.2) is 119 Å². The number of carbonyl (C=O) groups excluding carboxylic acids is 4. The number of hydrogen-bond acceptors (Lipinski definition) is 14. The molecule has 0 spiro atoms. The SMILES string of the molecule is C=CCOC(=O)CN(C[C@@H](C)COCCOCCOC(C)(C)C)C(=O)Cc1cnc(N(C(=O)OC(C)(C)C)C(=O)OC(C)(C)C)c2c(OC(C)(C)C)nc(C)nc12. The first-order valence-corrected chi connectivity index (χ1v) is 19.1. The molecular weight excluding hydrogens is 738 g/mol. The fourth-order valence-electron chi connectivity index (χ4n) is 4.99. The van der Waals surface area contributed by atoms with Gasteiger partial charge < -0.3 is 38.1 Å². The molecule has 0 unspecified atom stereocenters. The third kappa shape index (κ3) is 18.2. The third-order valence-corrected chi connectivity index (χ3v) is 7.07. The summed E-state index contributed by atoms with van der Waals surface area (Å²) in [5.74, 6) is -1.16. The van der Waals surface area contributed by atoms with Crippen LogP contribution in [0.5, 0.6) is 5.88 Å². The lowest BCUT2D eigenvalue weighted by Crippen LogP contribution is -2.44. The first kappa shape index (κ1) is 48.7. The van der Waals surface area contributed by atoms with Crippen molar-refractivity contribution < 1.29 is 52.3 Å². The van der Waals surface area contributed by atoms with E-state index >= 15 is 0 Å². The van der Waals surface area contributed by atoms with Crippen molar-refractivity contribution in [3.05, 3.63) is 30.2 Å². The fraction of sp³-hybridized carbons (Fsp3) is 0.683. The lowest BCUT2D eigenvalue weighted by atomic mass is 10.1. The second-order valence-electron chi connectivity index (χ2n) is 17.6. The molecule has 0 saturated heterocycles. The molecule has 0 aliphatic carbocycles. The Morgan fingerprint density at radius 3 is 1.93 bits per heavy atom. The fourth-order valence-corrected chi connectivity index (χ4v) is 4.99. The lowest BCUT2D eigenvalue weighted by molar-refractivity contribution is -0.148. The van der Waals surface area contributed by atoms with E-state index in [9.17, 15) is 19.2 Å². The van der Waals surface area contributed by atoms with Gasteiger partial charge >= 0.3 is 18.2 Å². The Morgan fingerprint density at radius 1 is 0.807 bits per heavy atom. The summed E-state index contributed by atoms with van der Waals surface area (Å²) in [5, 5.41) is 0.0726. The number of nitrogens with zero attached hydrogens (tertiary/aromatic N) is 5. The molecule has 0 N–H and O–H groups in total. The van der Waals surface area contributed by atoms with Gasteiger partial charge in [0.05, 0.1) is 50.6 Å². The first-order valence-electron chi connectivity index (χ1n) is 19.1. The lowest BCUT2D eigenvalue weighted by Gasteiger charge is -2.29. The van der Waals surface area contributed by atoms with E-state index in [1.165, 1.54) is 17.2 Å². The Hall–Kier alpha value is -4.41. The zero-order valence-electron chi connectivity index (χ0n) is 36.5. The monoisotopic (exact) mass is 803 g/mol. The molecule has 0 aliphatic rings. The molecule has 2 rings (SSSR count). The number of amides is 3. The van der Waals surface area contributed by atoms with Gasteiger partial charge in [-0.15, -0.1) is 0 Å². The molecule has 57 heavy (non-hydrogen) atoms. The number of carbonyl (C=O) groups is 4. The second kappa shape index (κ2) is 20.8. The number of imide groups is 1. The summed E-state index contributed by atoms with van der Waals surface area (Å²) in [7, 11) is 0. The highest BCUT2D eigenvalue weighted by Crippen LogP contribution is 2.36. The molecule has 16 heteroatoms. The Bertz CT molecular complexity index is 1660. The van der Waals surface area contributed by atoms with Crippen LogP contribution in [0.4, 0.5) is 15.4 Å². The molecule has 1 atom stereocenters. The standard InChI is InChI=1S/C41H65N5O11/c1-16-17-53-31(48)25-45(24-27(2)26-52-19-18-51-20-21-54-38(4,5)6)30(47)22-29-23-42-34(32-33(29)43-28(3)44-35(32)55-39(7,8)9)46(36(49)56-40(10,11)12)37(50)57-41(13,14)15/h16,23,27H,1,17-22,24-26H2,2-15H3/t27-/m1/s1. The zero-order chi connectivity index (χ0) is 43.4. The van der Waals surface area contributed by atoms with E-state index in [1.54, 1.807) is 69.2 Å². The van der Waals surface area contributed by atoms with Crippen molar-refractivity contribution in [1.29, 1.82) is 0 Å². The molecule has 0 fully saturated rings. The number of esters is 1. The predicted molar refractivity (Wildman–Crippen MR) is 215 cm³/mol. The van der Waals surface area contributed by atoms with Gasteiger partial charge in [-0.2, -0.15) is 9.88 Å². The minimum atomic E-state index is -1.06. The zero-order valence-corrected chi connectivity index (χ0v) is 36.5. The van der Waals surface area contributed by atoms with E-state index in [0.717, 1.165) is 0 Å². The van der Waals surface area contributed by atoms with Crippen LogP contribution in [0.25, 0.3) is 10.9 Å². The number of aryl methyl sites for hydroxylation is 1. The van der Waals surface area contributed by atoms with E-state index in [2.05, 4.69) is 21.5 Å². The Balaban J connectivity index is 2.55. The molecular formula is C41H65N5O11. The van der Waals surface area contributed by atoms with Gasteiger partial charge in [0.15, 0.2) is 5.82 Å². The summed E-state index contributed by atoms with van der Waals surface area (Å²) in [6.45, 7) is 30.1. The van der Waals surface area contributed by atoms with Gasteiger partial charge in [0.1, 0.15) is 41.2 Å². The highest BCUT2D eigenvalue weighted by Gasteiger charge is 2.37. The average molecular weight is 804 g/mol.